The number of hydrogen-bond acceptors (Lipinski definition) is 7. The highest BCUT2D eigenvalue weighted by molar-refractivity contribution is 7.13. The zero-order valence-corrected chi connectivity index (χ0v) is 16.8. The van der Waals surface area contributed by atoms with Crippen LogP contribution in [0.1, 0.15) is 38.5 Å². The molecule has 1 amide bonds. The first-order chi connectivity index (χ1) is 13.2. The lowest BCUT2D eigenvalue weighted by molar-refractivity contribution is -0.123. The SMILES string of the molecule is COCCN(CC(=O)N[C@@H]1CCCC[C@H]1C)Cc1nnc(-c2cccs2)o1. The van der Waals surface area contributed by atoms with Crippen molar-refractivity contribution in [2.75, 3.05) is 26.8 Å². The van der Waals surface area contributed by atoms with Gasteiger partial charge in [0.2, 0.25) is 11.8 Å². The summed E-state index contributed by atoms with van der Waals surface area (Å²) in [5.74, 6) is 1.61. The minimum atomic E-state index is 0.0443. The molecule has 8 heteroatoms. The van der Waals surface area contributed by atoms with E-state index in [1.165, 1.54) is 19.3 Å². The summed E-state index contributed by atoms with van der Waals surface area (Å²) in [4.78, 5) is 15.5. The van der Waals surface area contributed by atoms with Gasteiger partial charge in [-0.1, -0.05) is 25.8 Å². The van der Waals surface area contributed by atoms with Gasteiger partial charge in [-0.25, -0.2) is 0 Å². The van der Waals surface area contributed by atoms with Crippen LogP contribution in [0, 0.1) is 5.92 Å². The van der Waals surface area contributed by atoms with Crippen molar-refractivity contribution in [3.05, 3.63) is 23.4 Å². The lowest BCUT2D eigenvalue weighted by Gasteiger charge is -2.30. The highest BCUT2D eigenvalue weighted by atomic mass is 32.1. The first-order valence-electron chi connectivity index (χ1n) is 9.52. The molecule has 0 unspecified atom stereocenters. The van der Waals surface area contributed by atoms with Crippen molar-refractivity contribution in [3.8, 4) is 10.8 Å². The number of hydrogen-bond donors (Lipinski definition) is 1. The van der Waals surface area contributed by atoms with Gasteiger partial charge in [0.15, 0.2) is 0 Å². The summed E-state index contributed by atoms with van der Waals surface area (Å²) in [5.41, 5.74) is 0. The number of aromatic nitrogens is 2. The number of carbonyl (C=O) groups is 1. The maximum Gasteiger partial charge on any atom is 0.257 e. The van der Waals surface area contributed by atoms with E-state index in [0.717, 1.165) is 11.3 Å². The third-order valence-corrected chi connectivity index (χ3v) is 5.85. The van der Waals surface area contributed by atoms with Gasteiger partial charge in [-0.2, -0.15) is 0 Å². The molecular weight excluding hydrogens is 364 g/mol. The van der Waals surface area contributed by atoms with E-state index in [1.807, 2.05) is 22.4 Å². The summed E-state index contributed by atoms with van der Waals surface area (Å²) in [6, 6.07) is 4.18. The molecule has 148 valence electrons. The van der Waals surface area contributed by atoms with Crippen LogP contribution in [-0.2, 0) is 16.1 Å². The molecule has 3 rings (SSSR count). The van der Waals surface area contributed by atoms with Gasteiger partial charge in [-0.05, 0) is 30.2 Å². The molecule has 1 aliphatic carbocycles. The predicted octanol–water partition coefficient (Wildman–Crippen LogP) is 2.94. The Morgan fingerprint density at radius 1 is 1.41 bits per heavy atom. The number of methoxy groups -OCH3 is 1. The summed E-state index contributed by atoms with van der Waals surface area (Å²) in [6.07, 6.45) is 4.71. The molecule has 2 aromatic heterocycles. The quantitative estimate of drug-likeness (QED) is 0.707. The van der Waals surface area contributed by atoms with Gasteiger partial charge in [0.25, 0.3) is 5.89 Å². The van der Waals surface area contributed by atoms with Gasteiger partial charge in [-0.3, -0.25) is 9.69 Å². The van der Waals surface area contributed by atoms with Gasteiger partial charge in [-0.15, -0.1) is 21.5 Å². The minimum absolute atomic E-state index is 0.0443. The molecule has 1 N–H and O–H groups in total. The fourth-order valence-electron chi connectivity index (χ4n) is 3.43. The molecule has 2 atom stereocenters. The second kappa shape index (κ2) is 9.96. The molecule has 2 heterocycles. The smallest absolute Gasteiger partial charge is 0.257 e. The van der Waals surface area contributed by atoms with Crippen LogP contribution in [0.2, 0.25) is 0 Å². The Bertz CT molecular complexity index is 704. The van der Waals surface area contributed by atoms with E-state index in [0.29, 0.717) is 43.9 Å². The van der Waals surface area contributed by atoms with E-state index in [9.17, 15) is 4.79 Å². The second-order valence-electron chi connectivity index (χ2n) is 7.12. The molecular formula is C19H28N4O3S. The summed E-state index contributed by atoms with van der Waals surface area (Å²) in [7, 11) is 1.66. The molecule has 0 aromatic carbocycles. The van der Waals surface area contributed by atoms with Gasteiger partial charge >= 0.3 is 0 Å². The van der Waals surface area contributed by atoms with E-state index in [2.05, 4.69) is 22.4 Å². The zero-order valence-electron chi connectivity index (χ0n) is 16.0. The van der Waals surface area contributed by atoms with E-state index < -0.39 is 0 Å². The Morgan fingerprint density at radius 3 is 3.00 bits per heavy atom. The number of amides is 1. The molecule has 1 saturated carbocycles. The van der Waals surface area contributed by atoms with Gasteiger partial charge in [0, 0.05) is 19.7 Å². The molecule has 1 fully saturated rings. The van der Waals surface area contributed by atoms with Crippen LogP contribution in [0.15, 0.2) is 21.9 Å². The average Bonchev–Trinajstić information content (AvgIpc) is 3.33. The molecule has 0 spiro atoms. The van der Waals surface area contributed by atoms with Crippen molar-refractivity contribution in [1.82, 2.24) is 20.4 Å². The topological polar surface area (TPSA) is 80.5 Å². The highest BCUT2D eigenvalue weighted by Gasteiger charge is 2.24. The lowest BCUT2D eigenvalue weighted by Crippen LogP contribution is -2.46. The van der Waals surface area contributed by atoms with Crippen LogP contribution in [-0.4, -0.2) is 53.9 Å². The second-order valence-corrected chi connectivity index (χ2v) is 8.07. The van der Waals surface area contributed by atoms with Crippen molar-refractivity contribution >= 4 is 17.2 Å². The third kappa shape index (κ3) is 5.85. The number of carbonyl (C=O) groups excluding carboxylic acids is 1. The average molecular weight is 393 g/mol. The monoisotopic (exact) mass is 392 g/mol. The summed E-state index contributed by atoms with van der Waals surface area (Å²) in [5, 5.41) is 13.4. The Balaban J connectivity index is 1.57. The zero-order chi connectivity index (χ0) is 19.1. The van der Waals surface area contributed by atoms with Crippen LogP contribution >= 0.6 is 11.3 Å². The number of ether oxygens (including phenoxy) is 1. The first-order valence-corrected chi connectivity index (χ1v) is 10.4. The van der Waals surface area contributed by atoms with Crippen LogP contribution in [0.25, 0.3) is 10.8 Å². The molecule has 0 aliphatic heterocycles. The maximum atomic E-state index is 12.6. The van der Waals surface area contributed by atoms with Crippen molar-refractivity contribution < 1.29 is 13.9 Å². The summed E-state index contributed by atoms with van der Waals surface area (Å²) >= 11 is 1.56. The van der Waals surface area contributed by atoms with Crippen molar-refractivity contribution in [2.24, 2.45) is 5.92 Å². The normalized spacial score (nSPS) is 20.1. The fraction of sp³-hybridized carbons (Fsp3) is 0.632. The van der Waals surface area contributed by atoms with Crippen molar-refractivity contribution in [1.29, 1.82) is 0 Å². The van der Waals surface area contributed by atoms with Gasteiger partial charge < -0.3 is 14.5 Å². The van der Waals surface area contributed by atoms with Crippen molar-refractivity contribution in [3.63, 3.8) is 0 Å². The standard InChI is InChI=1S/C19H28N4O3S/c1-14-6-3-4-7-15(14)20-17(24)12-23(9-10-25-2)13-18-21-22-19(26-18)16-8-5-11-27-16/h5,8,11,14-15H,3-4,6-7,9-10,12-13H2,1-2H3,(H,20,24)/t14-,15-/m1/s1. The van der Waals surface area contributed by atoms with E-state index in [-0.39, 0.29) is 11.9 Å². The highest BCUT2D eigenvalue weighted by Crippen LogP contribution is 2.24. The molecule has 2 aromatic rings. The Hall–Kier alpha value is -1.77. The minimum Gasteiger partial charge on any atom is -0.419 e. The van der Waals surface area contributed by atoms with Crippen LogP contribution in [0.3, 0.4) is 0 Å². The van der Waals surface area contributed by atoms with Gasteiger partial charge in [0.1, 0.15) is 0 Å². The van der Waals surface area contributed by atoms with Crippen LogP contribution < -0.4 is 5.32 Å². The number of nitrogens with zero attached hydrogens (tertiary/aromatic N) is 3. The largest absolute Gasteiger partial charge is 0.419 e. The van der Waals surface area contributed by atoms with Crippen molar-refractivity contribution in [2.45, 2.75) is 45.2 Å². The number of nitrogens with one attached hydrogen (secondary N) is 1. The summed E-state index contributed by atoms with van der Waals surface area (Å²) in [6.45, 7) is 4.11. The van der Waals surface area contributed by atoms with E-state index in [1.54, 1.807) is 18.4 Å². The van der Waals surface area contributed by atoms with Gasteiger partial charge in [0.05, 0.1) is 24.6 Å². The fourth-order valence-corrected chi connectivity index (χ4v) is 4.07. The molecule has 0 radical (unpaired) electrons. The van der Waals surface area contributed by atoms with Crippen LogP contribution in [0.4, 0.5) is 0 Å². The first kappa shape index (κ1) is 20.0. The van der Waals surface area contributed by atoms with E-state index in [4.69, 9.17) is 9.15 Å². The Morgan fingerprint density at radius 2 is 2.26 bits per heavy atom. The lowest BCUT2D eigenvalue weighted by atomic mass is 9.86. The molecule has 7 nitrogen and oxygen atoms in total. The Labute approximate surface area is 164 Å². The maximum absolute atomic E-state index is 12.6. The Kier molecular flexibility index (Phi) is 7.37. The van der Waals surface area contributed by atoms with Crippen LogP contribution in [0.5, 0.6) is 0 Å². The molecule has 1 aliphatic rings. The predicted molar refractivity (Wildman–Crippen MR) is 104 cm³/mol. The number of rotatable bonds is 9. The molecule has 0 bridgehead atoms. The van der Waals surface area contributed by atoms with E-state index >= 15 is 0 Å². The number of thiophene rings is 1. The molecule has 27 heavy (non-hydrogen) atoms. The molecule has 0 saturated heterocycles. The summed E-state index contributed by atoms with van der Waals surface area (Å²) < 4.78 is 10.9. The third-order valence-electron chi connectivity index (χ3n) is 4.99.